The molecular formula is C26H33FN4O4S2. The molecule has 1 aromatic heterocycles. The summed E-state index contributed by atoms with van der Waals surface area (Å²) in [4.78, 5) is 22.0. The number of carbonyl (C=O) groups excluding carboxylic acids is 1. The fraction of sp³-hybridized carbons (Fsp3) is 0.462. The lowest BCUT2D eigenvalue weighted by atomic mass is 10.2. The van der Waals surface area contributed by atoms with Gasteiger partial charge in [-0.2, -0.15) is 4.31 Å². The maximum atomic E-state index is 14.3. The number of carbonyl (C=O) groups is 1. The Balaban J connectivity index is 1.62. The Morgan fingerprint density at radius 2 is 1.73 bits per heavy atom. The molecule has 1 aliphatic heterocycles. The lowest BCUT2D eigenvalue weighted by Gasteiger charge is -2.34. The Bertz CT molecular complexity index is 1330. The van der Waals surface area contributed by atoms with Crippen LogP contribution in [0.1, 0.15) is 38.1 Å². The van der Waals surface area contributed by atoms with Crippen LogP contribution in [0, 0.1) is 5.82 Å². The molecule has 11 heteroatoms. The normalized spacial score (nSPS) is 19.0. The van der Waals surface area contributed by atoms with E-state index in [-0.39, 0.29) is 41.6 Å². The molecule has 0 bridgehead atoms. The van der Waals surface area contributed by atoms with Crippen LogP contribution in [0.4, 0.5) is 9.52 Å². The fourth-order valence-corrected chi connectivity index (χ4v) is 7.08. The summed E-state index contributed by atoms with van der Waals surface area (Å²) < 4.78 is 48.5. The zero-order valence-electron chi connectivity index (χ0n) is 21.6. The highest BCUT2D eigenvalue weighted by molar-refractivity contribution is 7.89. The van der Waals surface area contributed by atoms with Gasteiger partial charge in [0.25, 0.3) is 5.91 Å². The number of anilines is 1. The van der Waals surface area contributed by atoms with Crippen molar-refractivity contribution >= 4 is 42.6 Å². The number of halogens is 1. The summed E-state index contributed by atoms with van der Waals surface area (Å²) in [5, 5.41) is 0.408. The maximum Gasteiger partial charge on any atom is 0.260 e. The number of para-hydroxylation sites is 1. The van der Waals surface area contributed by atoms with Crippen LogP contribution in [0.2, 0.25) is 0 Å². The highest BCUT2D eigenvalue weighted by Crippen LogP contribution is 2.31. The molecule has 37 heavy (non-hydrogen) atoms. The highest BCUT2D eigenvalue weighted by Gasteiger charge is 2.32. The number of likely N-dealkylation sites (N-methyl/N-ethyl adjacent to an activating group) is 1. The molecule has 0 spiro atoms. The highest BCUT2D eigenvalue weighted by atomic mass is 32.2. The third-order valence-corrected chi connectivity index (χ3v) is 9.38. The second kappa shape index (κ2) is 11.5. The number of hydrogen-bond donors (Lipinski definition) is 0. The molecular weight excluding hydrogens is 515 g/mol. The number of thiazole rings is 1. The van der Waals surface area contributed by atoms with E-state index >= 15 is 0 Å². The second-order valence-corrected chi connectivity index (χ2v) is 12.1. The zero-order chi connectivity index (χ0) is 26.7. The maximum absolute atomic E-state index is 14.3. The largest absolute Gasteiger partial charge is 0.373 e. The Morgan fingerprint density at radius 1 is 1.08 bits per heavy atom. The van der Waals surface area contributed by atoms with Crippen LogP contribution < -0.4 is 4.90 Å². The SMILES string of the molecule is CCN(CC)CCN(C(=O)c1ccc(S(=O)(=O)N2CC(C)OC(C)C2)cc1)c1nc2c(F)cccc2s1. The molecule has 0 radical (unpaired) electrons. The molecule has 0 saturated carbocycles. The fourth-order valence-electron chi connectivity index (χ4n) is 4.49. The minimum atomic E-state index is -3.72. The molecule has 1 saturated heterocycles. The number of hydrogen-bond acceptors (Lipinski definition) is 7. The first-order valence-electron chi connectivity index (χ1n) is 12.5. The lowest BCUT2D eigenvalue weighted by Crippen LogP contribution is -2.48. The van der Waals surface area contributed by atoms with Crippen LogP contribution in [0.25, 0.3) is 10.2 Å². The lowest BCUT2D eigenvalue weighted by molar-refractivity contribution is -0.0440. The van der Waals surface area contributed by atoms with E-state index in [2.05, 4.69) is 23.7 Å². The first-order chi connectivity index (χ1) is 17.6. The Kier molecular flexibility index (Phi) is 8.59. The molecule has 0 N–H and O–H groups in total. The van der Waals surface area contributed by atoms with Gasteiger partial charge >= 0.3 is 0 Å². The van der Waals surface area contributed by atoms with Crippen LogP contribution in [0.5, 0.6) is 0 Å². The van der Waals surface area contributed by atoms with Crippen molar-refractivity contribution in [1.82, 2.24) is 14.2 Å². The van der Waals surface area contributed by atoms with Crippen LogP contribution in [-0.4, -0.2) is 80.0 Å². The van der Waals surface area contributed by atoms with E-state index < -0.39 is 15.8 Å². The molecule has 1 amide bonds. The molecule has 0 aliphatic carbocycles. The van der Waals surface area contributed by atoms with Crippen molar-refractivity contribution in [3.63, 3.8) is 0 Å². The number of amides is 1. The molecule has 1 fully saturated rings. The van der Waals surface area contributed by atoms with Gasteiger partial charge in [0.15, 0.2) is 5.13 Å². The van der Waals surface area contributed by atoms with Gasteiger partial charge in [-0.25, -0.2) is 17.8 Å². The van der Waals surface area contributed by atoms with Gasteiger partial charge in [-0.15, -0.1) is 0 Å². The minimum absolute atomic E-state index is 0.127. The smallest absolute Gasteiger partial charge is 0.260 e. The van der Waals surface area contributed by atoms with E-state index in [4.69, 9.17) is 4.74 Å². The summed E-state index contributed by atoms with van der Waals surface area (Å²) in [6, 6.07) is 10.7. The van der Waals surface area contributed by atoms with Gasteiger partial charge in [0.2, 0.25) is 10.0 Å². The summed E-state index contributed by atoms with van der Waals surface area (Å²) in [6.07, 6.45) is -0.394. The van der Waals surface area contributed by atoms with Crippen molar-refractivity contribution in [3.05, 3.63) is 53.8 Å². The number of aromatic nitrogens is 1. The summed E-state index contributed by atoms with van der Waals surface area (Å²) in [5.74, 6) is -0.748. The Labute approximate surface area is 221 Å². The van der Waals surface area contributed by atoms with Crippen molar-refractivity contribution in [2.24, 2.45) is 0 Å². The average molecular weight is 549 g/mol. The molecule has 2 atom stereocenters. The van der Waals surface area contributed by atoms with E-state index in [0.717, 1.165) is 13.1 Å². The molecule has 8 nitrogen and oxygen atoms in total. The van der Waals surface area contributed by atoms with Gasteiger partial charge in [0.1, 0.15) is 11.3 Å². The standard InChI is InChI=1S/C26H33FN4O4S2/c1-5-29(6-2)14-15-31(26-28-24-22(27)8-7-9-23(24)36-26)25(32)20-10-12-21(13-11-20)37(33,34)30-16-18(3)35-19(4)17-30/h7-13,18-19H,5-6,14-17H2,1-4H3. The van der Waals surface area contributed by atoms with Crippen molar-refractivity contribution in [2.45, 2.75) is 44.8 Å². The Morgan fingerprint density at radius 3 is 2.32 bits per heavy atom. The number of ether oxygens (including phenoxy) is 1. The van der Waals surface area contributed by atoms with Crippen molar-refractivity contribution in [2.75, 3.05) is 44.2 Å². The van der Waals surface area contributed by atoms with Crippen molar-refractivity contribution in [1.29, 1.82) is 0 Å². The second-order valence-electron chi connectivity index (χ2n) is 9.17. The first-order valence-corrected chi connectivity index (χ1v) is 14.7. The number of nitrogens with zero attached hydrogens (tertiary/aromatic N) is 4. The van der Waals surface area contributed by atoms with Gasteiger partial charge in [-0.3, -0.25) is 9.69 Å². The van der Waals surface area contributed by atoms with Crippen LogP contribution in [-0.2, 0) is 14.8 Å². The quantitative estimate of drug-likeness (QED) is 0.398. The van der Waals surface area contributed by atoms with Crippen LogP contribution >= 0.6 is 11.3 Å². The molecule has 1 aliphatic rings. The zero-order valence-corrected chi connectivity index (χ0v) is 23.2. The summed E-state index contributed by atoms with van der Waals surface area (Å²) in [6.45, 7) is 11.0. The average Bonchev–Trinajstić information content (AvgIpc) is 3.31. The number of morpholine rings is 1. The molecule has 200 valence electrons. The Hall–Kier alpha value is -2.44. The van der Waals surface area contributed by atoms with Gasteiger partial charge < -0.3 is 9.64 Å². The van der Waals surface area contributed by atoms with E-state index in [0.29, 0.717) is 28.5 Å². The third-order valence-electron chi connectivity index (χ3n) is 6.49. The molecule has 3 aromatic rings. The number of sulfonamides is 1. The van der Waals surface area contributed by atoms with E-state index in [1.54, 1.807) is 17.0 Å². The number of rotatable bonds is 9. The molecule has 2 unspecified atom stereocenters. The summed E-state index contributed by atoms with van der Waals surface area (Å²) in [7, 11) is -3.72. The van der Waals surface area contributed by atoms with Gasteiger partial charge in [0.05, 0.1) is 21.8 Å². The van der Waals surface area contributed by atoms with Crippen molar-refractivity contribution < 1.29 is 22.3 Å². The van der Waals surface area contributed by atoms with Crippen molar-refractivity contribution in [3.8, 4) is 0 Å². The predicted octanol–water partition coefficient (Wildman–Crippen LogP) is 4.22. The van der Waals surface area contributed by atoms with E-state index in [9.17, 15) is 17.6 Å². The first kappa shape index (κ1) is 27.6. The summed E-state index contributed by atoms with van der Waals surface area (Å²) in [5.41, 5.74) is 0.570. The van der Waals surface area contributed by atoms with E-state index in [1.807, 2.05) is 13.8 Å². The molecule has 2 aromatic carbocycles. The third kappa shape index (κ3) is 6.01. The van der Waals surface area contributed by atoms with Gasteiger partial charge in [-0.1, -0.05) is 31.3 Å². The van der Waals surface area contributed by atoms with Gasteiger partial charge in [-0.05, 0) is 63.3 Å². The predicted molar refractivity (Wildman–Crippen MR) is 144 cm³/mol. The number of fused-ring (bicyclic) bond motifs is 1. The van der Waals surface area contributed by atoms with Gasteiger partial charge in [0, 0.05) is 31.7 Å². The summed E-state index contributed by atoms with van der Waals surface area (Å²) >= 11 is 1.26. The number of benzene rings is 2. The topological polar surface area (TPSA) is 83.1 Å². The molecule has 2 heterocycles. The van der Waals surface area contributed by atoms with Crippen LogP contribution in [0.15, 0.2) is 47.4 Å². The molecule has 4 rings (SSSR count). The van der Waals surface area contributed by atoms with E-state index in [1.165, 1.54) is 46.0 Å². The minimum Gasteiger partial charge on any atom is -0.373 e. The van der Waals surface area contributed by atoms with Crippen LogP contribution in [0.3, 0.4) is 0 Å². The monoisotopic (exact) mass is 548 g/mol.